The number of carbonyl (C=O) groups is 1. The predicted octanol–water partition coefficient (Wildman–Crippen LogP) is 2.83. The third-order valence-electron chi connectivity index (χ3n) is 4.96. The second kappa shape index (κ2) is 8.92. The summed E-state index contributed by atoms with van der Waals surface area (Å²) in [6.45, 7) is 5.19. The van der Waals surface area contributed by atoms with E-state index in [0.29, 0.717) is 24.3 Å². The average Bonchev–Trinajstić information content (AvgIpc) is 2.70. The molecule has 3 rings (SSSR count). The Hall–Kier alpha value is -2.45. The maximum atomic E-state index is 14.2. The molecule has 0 spiro atoms. The van der Waals surface area contributed by atoms with Gasteiger partial charge in [0.1, 0.15) is 5.82 Å². The number of nitrogens with zero attached hydrogens (tertiary/aromatic N) is 1. The normalized spacial score (nSPS) is 17.2. The third-order valence-corrected chi connectivity index (χ3v) is 6.52. The standard InChI is InChI=1S/C21H26FN3O3S/c1-3-23-29(27,28)18-9-7-16(8-10-18)21(26)24-17-5-4-12-25(14-17)20-13-15(2)6-11-19(20)22/h6-11,13,17,23H,3-5,12,14H2,1-2H3,(H,24,26). The Kier molecular flexibility index (Phi) is 6.54. The van der Waals surface area contributed by atoms with Crippen molar-refractivity contribution in [2.75, 3.05) is 24.5 Å². The zero-order valence-electron chi connectivity index (χ0n) is 16.6. The lowest BCUT2D eigenvalue weighted by Gasteiger charge is -2.35. The van der Waals surface area contributed by atoms with Gasteiger partial charge in [0.25, 0.3) is 5.91 Å². The van der Waals surface area contributed by atoms with Crippen LogP contribution in [-0.4, -0.2) is 40.0 Å². The highest BCUT2D eigenvalue weighted by Gasteiger charge is 2.24. The number of benzene rings is 2. The molecule has 0 aromatic heterocycles. The lowest BCUT2D eigenvalue weighted by Crippen LogP contribution is -2.48. The lowest BCUT2D eigenvalue weighted by molar-refractivity contribution is 0.0933. The van der Waals surface area contributed by atoms with Crippen molar-refractivity contribution in [1.82, 2.24) is 10.0 Å². The number of anilines is 1. The summed E-state index contributed by atoms with van der Waals surface area (Å²) >= 11 is 0. The van der Waals surface area contributed by atoms with Gasteiger partial charge in [0.15, 0.2) is 0 Å². The van der Waals surface area contributed by atoms with Crippen LogP contribution < -0.4 is 14.9 Å². The highest BCUT2D eigenvalue weighted by molar-refractivity contribution is 7.89. The molecule has 156 valence electrons. The largest absolute Gasteiger partial charge is 0.367 e. The molecule has 1 aliphatic heterocycles. The number of hydrogen-bond donors (Lipinski definition) is 2. The van der Waals surface area contributed by atoms with Crippen LogP contribution in [0.2, 0.25) is 0 Å². The summed E-state index contributed by atoms with van der Waals surface area (Å²) in [6, 6.07) is 10.8. The molecule has 1 aliphatic rings. The summed E-state index contributed by atoms with van der Waals surface area (Å²) in [5.41, 5.74) is 1.93. The Morgan fingerprint density at radius 1 is 1.21 bits per heavy atom. The summed E-state index contributed by atoms with van der Waals surface area (Å²) in [6.07, 6.45) is 1.65. The van der Waals surface area contributed by atoms with E-state index in [1.807, 2.05) is 17.9 Å². The van der Waals surface area contributed by atoms with Gasteiger partial charge in [0.05, 0.1) is 10.6 Å². The molecule has 1 saturated heterocycles. The van der Waals surface area contributed by atoms with Crippen LogP contribution in [0, 0.1) is 12.7 Å². The van der Waals surface area contributed by atoms with Crippen LogP contribution in [-0.2, 0) is 10.0 Å². The molecular formula is C21H26FN3O3S. The van der Waals surface area contributed by atoms with Crippen LogP contribution in [0.3, 0.4) is 0 Å². The monoisotopic (exact) mass is 419 g/mol. The smallest absolute Gasteiger partial charge is 0.251 e. The summed E-state index contributed by atoms with van der Waals surface area (Å²) in [5, 5.41) is 2.98. The number of rotatable bonds is 6. The van der Waals surface area contributed by atoms with Gasteiger partial charge in [0, 0.05) is 31.2 Å². The molecule has 1 fully saturated rings. The number of piperidine rings is 1. The molecule has 1 atom stereocenters. The minimum absolute atomic E-state index is 0.110. The van der Waals surface area contributed by atoms with Crippen LogP contribution in [0.15, 0.2) is 47.4 Å². The highest BCUT2D eigenvalue weighted by Crippen LogP contribution is 2.24. The first-order chi connectivity index (χ1) is 13.8. The molecule has 1 amide bonds. The van der Waals surface area contributed by atoms with E-state index in [0.717, 1.165) is 24.9 Å². The zero-order chi connectivity index (χ0) is 21.0. The van der Waals surface area contributed by atoms with Crippen molar-refractivity contribution in [2.45, 2.75) is 37.6 Å². The second-order valence-electron chi connectivity index (χ2n) is 7.24. The number of nitrogens with one attached hydrogen (secondary N) is 2. The van der Waals surface area contributed by atoms with E-state index < -0.39 is 10.0 Å². The number of aryl methyl sites for hydroxylation is 1. The SMILES string of the molecule is CCNS(=O)(=O)c1ccc(C(=O)NC2CCCN(c3cc(C)ccc3F)C2)cc1. The molecule has 2 aromatic carbocycles. The molecule has 29 heavy (non-hydrogen) atoms. The number of carbonyl (C=O) groups excluding carboxylic acids is 1. The molecule has 1 heterocycles. The molecule has 0 bridgehead atoms. The Morgan fingerprint density at radius 2 is 1.93 bits per heavy atom. The molecule has 8 heteroatoms. The molecule has 0 saturated carbocycles. The summed E-state index contributed by atoms with van der Waals surface area (Å²) in [5.74, 6) is -0.533. The molecule has 2 aromatic rings. The molecule has 2 N–H and O–H groups in total. The first kappa shape index (κ1) is 21.3. The fourth-order valence-electron chi connectivity index (χ4n) is 3.51. The van der Waals surface area contributed by atoms with Crippen molar-refractivity contribution in [3.63, 3.8) is 0 Å². The Bertz CT molecular complexity index is 977. The fraction of sp³-hybridized carbons (Fsp3) is 0.381. The van der Waals surface area contributed by atoms with Crippen LogP contribution in [0.4, 0.5) is 10.1 Å². The van der Waals surface area contributed by atoms with Crippen molar-refractivity contribution >= 4 is 21.6 Å². The van der Waals surface area contributed by atoms with Gasteiger partial charge in [-0.1, -0.05) is 13.0 Å². The number of amides is 1. The van der Waals surface area contributed by atoms with Crippen LogP contribution in [0.5, 0.6) is 0 Å². The van der Waals surface area contributed by atoms with Crippen molar-refractivity contribution in [3.05, 3.63) is 59.4 Å². The predicted molar refractivity (Wildman–Crippen MR) is 111 cm³/mol. The minimum atomic E-state index is -3.55. The first-order valence-corrected chi connectivity index (χ1v) is 11.2. The van der Waals surface area contributed by atoms with Gasteiger partial charge in [-0.15, -0.1) is 0 Å². The quantitative estimate of drug-likeness (QED) is 0.755. The molecule has 1 unspecified atom stereocenters. The van der Waals surface area contributed by atoms with E-state index in [9.17, 15) is 17.6 Å². The number of halogens is 1. The summed E-state index contributed by atoms with van der Waals surface area (Å²) in [7, 11) is -3.55. The van der Waals surface area contributed by atoms with E-state index in [4.69, 9.17) is 0 Å². The molecule has 0 aliphatic carbocycles. The van der Waals surface area contributed by atoms with Crippen molar-refractivity contribution in [2.24, 2.45) is 0 Å². The van der Waals surface area contributed by atoms with Crippen molar-refractivity contribution < 1.29 is 17.6 Å². The number of sulfonamides is 1. The lowest BCUT2D eigenvalue weighted by atomic mass is 10.0. The van der Waals surface area contributed by atoms with Gasteiger partial charge in [-0.3, -0.25) is 4.79 Å². The topological polar surface area (TPSA) is 78.5 Å². The number of hydrogen-bond acceptors (Lipinski definition) is 4. The summed E-state index contributed by atoms with van der Waals surface area (Å²) in [4.78, 5) is 14.7. The van der Waals surface area contributed by atoms with Gasteiger partial charge in [-0.25, -0.2) is 17.5 Å². The fourth-order valence-corrected chi connectivity index (χ4v) is 4.55. The van der Waals surface area contributed by atoms with Gasteiger partial charge in [-0.05, 0) is 61.7 Å². The van der Waals surface area contributed by atoms with Gasteiger partial charge < -0.3 is 10.2 Å². The first-order valence-electron chi connectivity index (χ1n) is 9.72. The molecule has 6 nitrogen and oxygen atoms in total. The van der Waals surface area contributed by atoms with Gasteiger partial charge in [0.2, 0.25) is 10.0 Å². The summed E-state index contributed by atoms with van der Waals surface area (Å²) < 4.78 is 40.6. The van der Waals surface area contributed by atoms with Gasteiger partial charge in [-0.2, -0.15) is 0 Å². The highest BCUT2D eigenvalue weighted by atomic mass is 32.2. The minimum Gasteiger partial charge on any atom is -0.367 e. The Morgan fingerprint density at radius 3 is 2.62 bits per heavy atom. The molecule has 0 radical (unpaired) electrons. The zero-order valence-corrected chi connectivity index (χ0v) is 17.4. The van der Waals surface area contributed by atoms with E-state index in [2.05, 4.69) is 10.0 Å². The third kappa shape index (κ3) is 5.13. The van der Waals surface area contributed by atoms with Crippen molar-refractivity contribution in [1.29, 1.82) is 0 Å². The Balaban J connectivity index is 1.66. The van der Waals surface area contributed by atoms with Gasteiger partial charge >= 0.3 is 0 Å². The van der Waals surface area contributed by atoms with E-state index in [1.54, 1.807) is 13.0 Å². The van der Waals surface area contributed by atoms with E-state index in [-0.39, 0.29) is 22.7 Å². The van der Waals surface area contributed by atoms with Crippen LogP contribution in [0.25, 0.3) is 0 Å². The maximum Gasteiger partial charge on any atom is 0.251 e. The van der Waals surface area contributed by atoms with Crippen molar-refractivity contribution in [3.8, 4) is 0 Å². The van der Waals surface area contributed by atoms with E-state index >= 15 is 0 Å². The average molecular weight is 420 g/mol. The maximum absolute atomic E-state index is 14.2. The Labute approximate surface area is 171 Å². The second-order valence-corrected chi connectivity index (χ2v) is 9.01. The molecular weight excluding hydrogens is 393 g/mol. The van der Waals surface area contributed by atoms with Crippen LogP contribution in [0.1, 0.15) is 35.7 Å². The van der Waals surface area contributed by atoms with Crippen LogP contribution >= 0.6 is 0 Å². The van der Waals surface area contributed by atoms with E-state index in [1.165, 1.54) is 30.3 Å².